The van der Waals surface area contributed by atoms with Crippen LogP contribution in [0, 0.1) is 20.8 Å². The van der Waals surface area contributed by atoms with Crippen molar-refractivity contribution in [3.05, 3.63) is 62.7 Å². The van der Waals surface area contributed by atoms with E-state index >= 15 is 0 Å². The molecule has 3 aromatic carbocycles. The van der Waals surface area contributed by atoms with Crippen molar-refractivity contribution in [1.82, 2.24) is 0 Å². The van der Waals surface area contributed by atoms with E-state index in [0.29, 0.717) is 0 Å². The van der Waals surface area contributed by atoms with Gasteiger partial charge in [0, 0.05) is 17.5 Å². The Labute approximate surface area is 217 Å². The third-order valence-corrected chi connectivity index (χ3v) is 6.05. The molecular formula is C27H26O11. The summed E-state index contributed by atoms with van der Waals surface area (Å²) in [5, 5.41) is 53.2. The molecule has 0 heterocycles. The first-order valence-corrected chi connectivity index (χ1v) is 11.1. The van der Waals surface area contributed by atoms with Crippen LogP contribution in [0.4, 0.5) is 0 Å². The molecule has 0 spiro atoms. The van der Waals surface area contributed by atoms with Crippen LogP contribution < -0.4 is 4.74 Å². The molecule has 0 unspecified atom stereocenters. The van der Waals surface area contributed by atoms with Crippen LogP contribution >= 0.6 is 0 Å². The number of aromatic hydroxyl groups is 5. The van der Waals surface area contributed by atoms with Crippen molar-refractivity contribution in [2.24, 2.45) is 0 Å². The third-order valence-electron chi connectivity index (χ3n) is 6.05. The fourth-order valence-corrected chi connectivity index (χ4v) is 4.10. The first kappa shape index (κ1) is 27.7. The van der Waals surface area contributed by atoms with E-state index in [2.05, 4.69) is 4.74 Å². The maximum absolute atomic E-state index is 12.5. The molecule has 0 aliphatic carbocycles. The van der Waals surface area contributed by atoms with Gasteiger partial charge in [0.1, 0.15) is 34.1 Å². The Kier molecular flexibility index (Phi) is 7.71. The number of aldehydes is 1. The molecule has 3 rings (SSSR count). The molecule has 0 atom stereocenters. The Morgan fingerprint density at radius 3 is 1.74 bits per heavy atom. The number of carbonyl (C=O) groups is 3. The molecule has 11 nitrogen and oxygen atoms in total. The zero-order chi connectivity index (χ0) is 28.5. The van der Waals surface area contributed by atoms with Crippen molar-refractivity contribution in [2.45, 2.75) is 27.2 Å². The molecule has 0 saturated heterocycles. The number of phenolic OH excluding ortho intramolecular Hbond substituents is 5. The van der Waals surface area contributed by atoms with Crippen molar-refractivity contribution < 1.29 is 54.1 Å². The molecule has 200 valence electrons. The fraction of sp³-hybridized carbons (Fsp3) is 0.222. The standard InChI is InChI=1S/C27H26O11/c1-11-6-17(29)14(22(32)20(11)26(34)36-4)9-15-18(30)8-13(3)24(23(15)33)38-25-16(10-28)19(31)7-12(2)21(25)27(35)37-5/h6-8,10,29-33H,9H2,1-5H3. The van der Waals surface area contributed by atoms with E-state index in [0.717, 1.165) is 14.2 Å². The van der Waals surface area contributed by atoms with E-state index < -0.39 is 52.9 Å². The molecule has 11 heteroatoms. The van der Waals surface area contributed by atoms with Crippen LogP contribution in [-0.4, -0.2) is 58.0 Å². The molecule has 0 amide bonds. The van der Waals surface area contributed by atoms with Gasteiger partial charge in [0.2, 0.25) is 0 Å². The topological polar surface area (TPSA) is 180 Å². The van der Waals surface area contributed by atoms with Crippen molar-refractivity contribution in [2.75, 3.05) is 14.2 Å². The lowest BCUT2D eigenvalue weighted by molar-refractivity contribution is 0.0587. The normalized spacial score (nSPS) is 10.7. The molecule has 38 heavy (non-hydrogen) atoms. The molecule has 0 bridgehead atoms. The van der Waals surface area contributed by atoms with Crippen LogP contribution in [-0.2, 0) is 15.9 Å². The summed E-state index contributed by atoms with van der Waals surface area (Å²) in [4.78, 5) is 36.4. The van der Waals surface area contributed by atoms with Gasteiger partial charge in [0.15, 0.2) is 23.5 Å². The predicted octanol–water partition coefficient (Wildman–Crippen LogP) is 3.91. The Morgan fingerprint density at radius 1 is 0.711 bits per heavy atom. The summed E-state index contributed by atoms with van der Waals surface area (Å²) in [6.45, 7) is 4.41. The van der Waals surface area contributed by atoms with Crippen LogP contribution in [0.2, 0.25) is 0 Å². The summed E-state index contributed by atoms with van der Waals surface area (Å²) in [6, 6.07) is 3.61. The number of methoxy groups -OCH3 is 2. The van der Waals surface area contributed by atoms with Gasteiger partial charge in [-0.25, -0.2) is 9.59 Å². The Balaban J connectivity index is 2.23. The second-order valence-corrected chi connectivity index (χ2v) is 8.49. The minimum atomic E-state index is -0.874. The van der Waals surface area contributed by atoms with Gasteiger partial charge in [-0.15, -0.1) is 0 Å². The van der Waals surface area contributed by atoms with E-state index in [4.69, 9.17) is 9.47 Å². The van der Waals surface area contributed by atoms with Crippen molar-refractivity contribution in [1.29, 1.82) is 0 Å². The molecule has 5 N–H and O–H groups in total. The summed E-state index contributed by atoms with van der Waals surface area (Å²) in [5.74, 6) is -5.05. The predicted molar refractivity (Wildman–Crippen MR) is 133 cm³/mol. The molecule has 0 aliphatic rings. The first-order valence-electron chi connectivity index (χ1n) is 11.1. The number of benzene rings is 3. The highest BCUT2D eigenvalue weighted by Crippen LogP contribution is 2.47. The number of hydrogen-bond acceptors (Lipinski definition) is 11. The SMILES string of the molecule is COC(=O)c1c(C)cc(O)c(Cc2c(O)cc(C)c(Oc3c(C=O)c(O)cc(C)c3C(=O)OC)c2O)c1O. The van der Waals surface area contributed by atoms with Gasteiger partial charge in [0.05, 0.1) is 19.8 Å². The van der Waals surface area contributed by atoms with E-state index in [1.54, 1.807) is 0 Å². The third kappa shape index (κ3) is 4.73. The minimum Gasteiger partial charge on any atom is -0.508 e. The Hall–Kier alpha value is -4.93. The van der Waals surface area contributed by atoms with Gasteiger partial charge in [0.25, 0.3) is 0 Å². The summed E-state index contributed by atoms with van der Waals surface area (Å²) >= 11 is 0. The van der Waals surface area contributed by atoms with Crippen LogP contribution in [0.25, 0.3) is 0 Å². The smallest absolute Gasteiger partial charge is 0.341 e. The van der Waals surface area contributed by atoms with E-state index in [-0.39, 0.29) is 56.5 Å². The van der Waals surface area contributed by atoms with Crippen LogP contribution in [0.15, 0.2) is 18.2 Å². The van der Waals surface area contributed by atoms with Crippen LogP contribution in [0.5, 0.6) is 40.2 Å². The summed E-state index contributed by atoms with van der Waals surface area (Å²) in [6.07, 6.45) is -0.208. The minimum absolute atomic E-state index is 0.171. The fourth-order valence-electron chi connectivity index (χ4n) is 4.10. The van der Waals surface area contributed by atoms with Crippen molar-refractivity contribution in [3.63, 3.8) is 0 Å². The highest BCUT2D eigenvalue weighted by atomic mass is 16.5. The maximum atomic E-state index is 12.5. The molecule has 0 fully saturated rings. The first-order chi connectivity index (χ1) is 17.9. The van der Waals surface area contributed by atoms with Gasteiger partial charge in [-0.1, -0.05) is 0 Å². The van der Waals surface area contributed by atoms with Gasteiger partial charge < -0.3 is 39.7 Å². The monoisotopic (exact) mass is 526 g/mol. The average Bonchev–Trinajstić information content (AvgIpc) is 2.85. The van der Waals surface area contributed by atoms with Gasteiger partial charge in [-0.3, -0.25) is 4.79 Å². The highest BCUT2D eigenvalue weighted by molar-refractivity contribution is 5.99. The number of esters is 2. The molecule has 0 aliphatic heterocycles. The lowest BCUT2D eigenvalue weighted by atomic mass is 9.95. The van der Waals surface area contributed by atoms with Crippen molar-refractivity contribution in [3.8, 4) is 40.2 Å². The Bertz CT molecular complexity index is 1470. The van der Waals surface area contributed by atoms with Crippen molar-refractivity contribution >= 4 is 18.2 Å². The second kappa shape index (κ2) is 10.6. The number of phenols is 5. The lowest BCUT2D eigenvalue weighted by Crippen LogP contribution is -2.09. The van der Waals surface area contributed by atoms with Gasteiger partial charge in [-0.2, -0.15) is 0 Å². The van der Waals surface area contributed by atoms with Crippen LogP contribution in [0.3, 0.4) is 0 Å². The van der Waals surface area contributed by atoms with E-state index in [9.17, 15) is 39.9 Å². The number of hydrogen-bond donors (Lipinski definition) is 5. The molecule has 3 aromatic rings. The zero-order valence-electron chi connectivity index (χ0n) is 21.2. The summed E-state index contributed by atoms with van der Waals surface area (Å²) in [5.41, 5.74) is -0.586. The summed E-state index contributed by atoms with van der Waals surface area (Å²) in [7, 11) is 2.23. The number of ether oxygens (including phenoxy) is 3. The van der Waals surface area contributed by atoms with E-state index in [1.807, 2.05) is 0 Å². The summed E-state index contributed by atoms with van der Waals surface area (Å²) < 4.78 is 15.3. The quantitative estimate of drug-likeness (QED) is 0.222. The van der Waals surface area contributed by atoms with Gasteiger partial charge in [-0.05, 0) is 55.7 Å². The second-order valence-electron chi connectivity index (χ2n) is 8.49. The maximum Gasteiger partial charge on any atom is 0.341 e. The Morgan fingerprint density at radius 2 is 1.18 bits per heavy atom. The molecule has 0 saturated carbocycles. The van der Waals surface area contributed by atoms with Gasteiger partial charge >= 0.3 is 11.9 Å². The largest absolute Gasteiger partial charge is 0.508 e. The molecular weight excluding hydrogens is 500 g/mol. The molecule has 0 radical (unpaired) electrons. The van der Waals surface area contributed by atoms with Crippen LogP contribution in [0.1, 0.15) is 58.9 Å². The number of rotatable bonds is 7. The number of carbonyl (C=O) groups excluding carboxylic acids is 3. The lowest BCUT2D eigenvalue weighted by Gasteiger charge is -2.20. The molecule has 0 aromatic heterocycles. The van der Waals surface area contributed by atoms with E-state index in [1.165, 1.54) is 39.0 Å². The number of aryl methyl sites for hydroxylation is 3. The highest BCUT2D eigenvalue weighted by Gasteiger charge is 2.28. The zero-order valence-corrected chi connectivity index (χ0v) is 21.2. The average molecular weight is 526 g/mol.